The molecule has 1 aromatic heterocycles. The van der Waals surface area contributed by atoms with Gasteiger partial charge in [-0.1, -0.05) is 31.2 Å². The van der Waals surface area contributed by atoms with Crippen LogP contribution in [0.2, 0.25) is 0 Å². The molecular weight excluding hydrogens is 364 g/mol. The van der Waals surface area contributed by atoms with Crippen LogP contribution in [0.4, 0.5) is 0 Å². The van der Waals surface area contributed by atoms with Crippen molar-refractivity contribution in [2.45, 2.75) is 25.9 Å². The monoisotopic (exact) mass is 394 g/mol. The van der Waals surface area contributed by atoms with Crippen LogP contribution in [0.5, 0.6) is 11.5 Å². The van der Waals surface area contributed by atoms with E-state index in [9.17, 15) is 0 Å². The second kappa shape index (κ2) is 9.67. The van der Waals surface area contributed by atoms with Crippen molar-refractivity contribution in [1.29, 1.82) is 0 Å². The van der Waals surface area contributed by atoms with E-state index < -0.39 is 0 Å². The van der Waals surface area contributed by atoms with E-state index in [0.717, 1.165) is 52.6 Å². The van der Waals surface area contributed by atoms with E-state index in [-0.39, 0.29) is 0 Å². The summed E-state index contributed by atoms with van der Waals surface area (Å²) in [6.45, 7) is 4.50. The number of rotatable bonds is 9. The summed E-state index contributed by atoms with van der Waals surface area (Å²) >= 11 is 0. The van der Waals surface area contributed by atoms with Crippen LogP contribution >= 0.6 is 0 Å². The van der Waals surface area contributed by atoms with Gasteiger partial charge in [-0.05, 0) is 37.9 Å². The van der Waals surface area contributed by atoms with Gasteiger partial charge < -0.3 is 14.8 Å². The van der Waals surface area contributed by atoms with Crippen molar-refractivity contribution in [3.63, 3.8) is 0 Å². The predicted molar refractivity (Wildman–Crippen MR) is 117 cm³/mol. The Kier molecular flexibility index (Phi) is 7.01. The number of para-hydroxylation sites is 1. The molecule has 1 atom stereocenters. The van der Waals surface area contributed by atoms with Gasteiger partial charge in [0, 0.05) is 24.4 Å². The van der Waals surface area contributed by atoms with Crippen molar-refractivity contribution in [3.05, 3.63) is 59.5 Å². The zero-order valence-corrected chi connectivity index (χ0v) is 17.9. The molecule has 1 heterocycles. The highest BCUT2D eigenvalue weighted by Gasteiger charge is 2.15. The molecule has 0 aliphatic rings. The maximum Gasteiger partial charge on any atom is 0.161 e. The highest BCUT2D eigenvalue weighted by Crippen LogP contribution is 2.28. The largest absolute Gasteiger partial charge is 0.493 e. The summed E-state index contributed by atoms with van der Waals surface area (Å²) in [7, 11) is 7.35. The summed E-state index contributed by atoms with van der Waals surface area (Å²) in [4.78, 5) is 11.9. The van der Waals surface area contributed by atoms with Gasteiger partial charge in [-0.15, -0.1) is 0 Å². The van der Waals surface area contributed by atoms with Crippen LogP contribution in [0.15, 0.2) is 42.5 Å². The molecule has 0 spiro atoms. The number of hydrogen-bond acceptors (Lipinski definition) is 6. The molecule has 29 heavy (non-hydrogen) atoms. The quantitative estimate of drug-likeness (QED) is 0.598. The third-order valence-electron chi connectivity index (χ3n) is 4.97. The Bertz CT molecular complexity index is 961. The minimum Gasteiger partial charge on any atom is -0.493 e. The molecule has 0 aliphatic heterocycles. The Morgan fingerprint density at radius 3 is 2.48 bits per heavy atom. The van der Waals surface area contributed by atoms with Crippen LogP contribution in [0.25, 0.3) is 10.9 Å². The molecule has 0 fully saturated rings. The van der Waals surface area contributed by atoms with Crippen molar-refractivity contribution in [3.8, 4) is 11.5 Å². The number of nitrogens with one attached hydrogen (secondary N) is 1. The highest BCUT2D eigenvalue weighted by atomic mass is 16.5. The Morgan fingerprint density at radius 1 is 1.00 bits per heavy atom. The zero-order chi connectivity index (χ0) is 20.8. The van der Waals surface area contributed by atoms with Crippen molar-refractivity contribution in [1.82, 2.24) is 20.2 Å². The number of ether oxygens (including phenoxy) is 2. The fraction of sp³-hybridized carbons (Fsp3) is 0.391. The third kappa shape index (κ3) is 5.02. The Balaban J connectivity index is 1.82. The molecule has 0 aliphatic carbocycles. The summed E-state index contributed by atoms with van der Waals surface area (Å²) in [5, 5.41) is 4.38. The van der Waals surface area contributed by atoms with E-state index in [1.165, 1.54) is 0 Å². The molecule has 1 N–H and O–H groups in total. The normalized spacial score (nSPS) is 12.3. The van der Waals surface area contributed by atoms with Crippen LogP contribution in [0.3, 0.4) is 0 Å². The van der Waals surface area contributed by atoms with Gasteiger partial charge in [0.2, 0.25) is 0 Å². The molecule has 1 unspecified atom stereocenters. The number of aromatic nitrogens is 2. The van der Waals surface area contributed by atoms with Crippen molar-refractivity contribution < 1.29 is 9.47 Å². The van der Waals surface area contributed by atoms with Gasteiger partial charge in [-0.3, -0.25) is 4.90 Å². The summed E-state index contributed by atoms with van der Waals surface area (Å²) in [5.41, 5.74) is 3.24. The number of likely N-dealkylation sites (N-methyl/N-ethyl adjacent to an activating group) is 1. The average Bonchev–Trinajstić information content (AvgIpc) is 2.73. The van der Waals surface area contributed by atoms with E-state index in [0.29, 0.717) is 12.5 Å². The van der Waals surface area contributed by atoms with Gasteiger partial charge in [0.15, 0.2) is 11.5 Å². The molecule has 6 nitrogen and oxygen atoms in total. The smallest absolute Gasteiger partial charge is 0.161 e. The van der Waals surface area contributed by atoms with Crippen LogP contribution in [0, 0.1) is 0 Å². The number of methoxy groups -OCH3 is 2. The van der Waals surface area contributed by atoms with Crippen molar-refractivity contribution >= 4 is 10.9 Å². The van der Waals surface area contributed by atoms with E-state index >= 15 is 0 Å². The molecule has 6 heteroatoms. The first-order valence-electron chi connectivity index (χ1n) is 9.85. The highest BCUT2D eigenvalue weighted by molar-refractivity contribution is 5.81. The first-order valence-corrected chi connectivity index (χ1v) is 9.85. The molecule has 2 aromatic carbocycles. The topological polar surface area (TPSA) is 59.5 Å². The summed E-state index contributed by atoms with van der Waals surface area (Å²) in [5.74, 6) is 2.62. The third-order valence-corrected chi connectivity index (χ3v) is 4.97. The number of benzene rings is 2. The Morgan fingerprint density at radius 2 is 1.76 bits per heavy atom. The lowest BCUT2D eigenvalue weighted by atomic mass is 10.0. The standard InChI is InChI=1S/C23H30N4O2/c1-16(13-24-2)23-18-8-6-7-9-19(18)25-22(26-23)15-27(3)14-17-10-11-20(28-4)21(12-17)29-5/h6-12,16,24H,13-15H2,1-5H3. The van der Waals surface area contributed by atoms with Crippen molar-refractivity contribution in [2.75, 3.05) is 34.9 Å². The van der Waals surface area contributed by atoms with Gasteiger partial charge in [0.25, 0.3) is 0 Å². The zero-order valence-electron chi connectivity index (χ0n) is 17.9. The maximum absolute atomic E-state index is 5.42. The molecule has 154 valence electrons. The van der Waals surface area contributed by atoms with Crippen LogP contribution in [0.1, 0.15) is 29.9 Å². The first kappa shape index (κ1) is 21.0. The van der Waals surface area contributed by atoms with Gasteiger partial charge >= 0.3 is 0 Å². The van der Waals surface area contributed by atoms with E-state index in [2.05, 4.69) is 42.4 Å². The summed E-state index contributed by atoms with van der Waals surface area (Å²) in [6.07, 6.45) is 0. The lowest BCUT2D eigenvalue weighted by Gasteiger charge is -2.19. The lowest BCUT2D eigenvalue weighted by molar-refractivity contribution is 0.308. The first-order chi connectivity index (χ1) is 14.0. The predicted octanol–water partition coefficient (Wildman–Crippen LogP) is 3.60. The van der Waals surface area contributed by atoms with Gasteiger partial charge in [0.05, 0.1) is 32.0 Å². The summed E-state index contributed by atoms with van der Waals surface area (Å²) < 4.78 is 10.7. The van der Waals surface area contributed by atoms with Crippen LogP contribution in [-0.2, 0) is 13.1 Å². The van der Waals surface area contributed by atoms with E-state index in [4.69, 9.17) is 19.4 Å². The molecule has 0 bridgehead atoms. The van der Waals surface area contributed by atoms with E-state index in [1.54, 1.807) is 14.2 Å². The second-order valence-electron chi connectivity index (χ2n) is 7.36. The molecule has 0 radical (unpaired) electrons. The molecule has 0 saturated heterocycles. The Hall–Kier alpha value is -2.70. The van der Waals surface area contributed by atoms with E-state index in [1.807, 2.05) is 31.3 Å². The molecule has 3 rings (SSSR count). The Labute approximate surface area is 172 Å². The van der Waals surface area contributed by atoms with Gasteiger partial charge in [0.1, 0.15) is 5.82 Å². The van der Waals surface area contributed by atoms with Crippen LogP contribution in [-0.4, -0.2) is 49.7 Å². The lowest BCUT2D eigenvalue weighted by Crippen LogP contribution is -2.21. The minimum atomic E-state index is 0.308. The second-order valence-corrected chi connectivity index (χ2v) is 7.36. The average molecular weight is 395 g/mol. The van der Waals surface area contributed by atoms with Crippen LogP contribution < -0.4 is 14.8 Å². The van der Waals surface area contributed by atoms with Gasteiger partial charge in [-0.25, -0.2) is 9.97 Å². The minimum absolute atomic E-state index is 0.308. The van der Waals surface area contributed by atoms with Gasteiger partial charge in [-0.2, -0.15) is 0 Å². The fourth-order valence-corrected chi connectivity index (χ4v) is 3.59. The number of fused-ring (bicyclic) bond motifs is 1. The SMILES string of the molecule is CNCC(C)c1nc(CN(C)Cc2ccc(OC)c(OC)c2)nc2ccccc12. The molecule has 3 aromatic rings. The maximum atomic E-state index is 5.42. The number of nitrogens with zero attached hydrogens (tertiary/aromatic N) is 3. The fourth-order valence-electron chi connectivity index (χ4n) is 3.59. The molecule has 0 saturated carbocycles. The summed E-state index contributed by atoms with van der Waals surface area (Å²) in [6, 6.07) is 14.2. The molecular formula is C23H30N4O2. The van der Waals surface area contributed by atoms with Crippen molar-refractivity contribution in [2.24, 2.45) is 0 Å². The number of hydrogen-bond donors (Lipinski definition) is 1. The molecule has 0 amide bonds.